The highest BCUT2D eigenvalue weighted by Gasteiger charge is 2.32. The van der Waals surface area contributed by atoms with Crippen LogP contribution in [-0.2, 0) is 15.0 Å². The molecule has 28 heavy (non-hydrogen) atoms. The minimum Gasteiger partial charge on any atom is -0.322 e. The first-order valence-corrected chi connectivity index (χ1v) is 11.8. The summed E-state index contributed by atoms with van der Waals surface area (Å²) in [7, 11) is -3.43. The number of amides is 1. The highest BCUT2D eigenvalue weighted by Crippen LogP contribution is 2.20. The molecule has 1 aromatic rings. The summed E-state index contributed by atoms with van der Waals surface area (Å²) in [6.45, 7) is 2.95. The molecule has 156 valence electrons. The lowest BCUT2D eigenvalue weighted by Gasteiger charge is -2.36. The molecular formula is C18H26BrFN4O3S. The standard InChI is InChI=1S/C18H26BrFN4O3S/c19-15-5-6-17(16(20)13-15)21-18(25)14-22-9-11-24(12-10-22)28(26,27)23-7-3-1-2-4-8-23/h5-6,13H,1-4,7-12,14H2,(H,21,25). The largest absolute Gasteiger partial charge is 0.322 e. The number of hydrogen-bond acceptors (Lipinski definition) is 4. The van der Waals surface area contributed by atoms with Crippen LogP contribution in [0, 0.1) is 5.82 Å². The molecule has 0 bridgehead atoms. The Morgan fingerprint density at radius 2 is 1.61 bits per heavy atom. The Morgan fingerprint density at radius 1 is 1.00 bits per heavy atom. The zero-order valence-electron chi connectivity index (χ0n) is 15.7. The summed E-state index contributed by atoms with van der Waals surface area (Å²) < 4.78 is 43.2. The van der Waals surface area contributed by atoms with Gasteiger partial charge in [0.15, 0.2) is 0 Å². The quantitative estimate of drug-likeness (QED) is 0.707. The van der Waals surface area contributed by atoms with Gasteiger partial charge in [0.05, 0.1) is 12.2 Å². The summed E-state index contributed by atoms with van der Waals surface area (Å²) in [5, 5.41) is 2.57. The van der Waals surface area contributed by atoms with E-state index in [2.05, 4.69) is 21.2 Å². The maximum atomic E-state index is 13.8. The lowest BCUT2D eigenvalue weighted by Crippen LogP contribution is -2.54. The van der Waals surface area contributed by atoms with E-state index in [9.17, 15) is 17.6 Å². The Labute approximate surface area is 174 Å². The van der Waals surface area contributed by atoms with Crippen LogP contribution in [-0.4, -0.2) is 73.6 Å². The molecule has 0 atom stereocenters. The molecule has 7 nitrogen and oxygen atoms in total. The van der Waals surface area contributed by atoms with E-state index in [0.29, 0.717) is 43.7 Å². The molecule has 0 aliphatic carbocycles. The average Bonchev–Trinajstić information content (AvgIpc) is 2.94. The van der Waals surface area contributed by atoms with Gasteiger partial charge in [-0.25, -0.2) is 4.39 Å². The van der Waals surface area contributed by atoms with Gasteiger partial charge < -0.3 is 5.32 Å². The molecule has 2 heterocycles. The minimum absolute atomic E-state index is 0.104. The molecule has 0 saturated carbocycles. The SMILES string of the molecule is O=C(CN1CCN(S(=O)(=O)N2CCCCCC2)CC1)Nc1ccc(Br)cc1F. The number of halogens is 2. The third-order valence-electron chi connectivity index (χ3n) is 5.12. The van der Waals surface area contributed by atoms with Gasteiger partial charge in [0.25, 0.3) is 10.2 Å². The Balaban J connectivity index is 1.50. The first-order chi connectivity index (χ1) is 13.4. The number of nitrogens with zero attached hydrogens (tertiary/aromatic N) is 3. The fraction of sp³-hybridized carbons (Fsp3) is 0.611. The number of piperazine rings is 1. The van der Waals surface area contributed by atoms with E-state index in [1.165, 1.54) is 16.4 Å². The van der Waals surface area contributed by atoms with Crippen molar-refractivity contribution in [2.24, 2.45) is 0 Å². The van der Waals surface area contributed by atoms with Crippen molar-refractivity contribution < 1.29 is 17.6 Å². The molecule has 0 radical (unpaired) electrons. The van der Waals surface area contributed by atoms with Gasteiger partial charge in [-0.15, -0.1) is 0 Å². The highest BCUT2D eigenvalue weighted by atomic mass is 79.9. The van der Waals surface area contributed by atoms with Gasteiger partial charge in [0.1, 0.15) is 5.82 Å². The number of hydrogen-bond donors (Lipinski definition) is 1. The lowest BCUT2D eigenvalue weighted by atomic mass is 10.2. The van der Waals surface area contributed by atoms with Crippen LogP contribution >= 0.6 is 15.9 Å². The molecule has 1 aromatic carbocycles. The number of anilines is 1. The van der Waals surface area contributed by atoms with E-state index >= 15 is 0 Å². The van der Waals surface area contributed by atoms with E-state index in [1.54, 1.807) is 10.4 Å². The summed E-state index contributed by atoms with van der Waals surface area (Å²) >= 11 is 3.18. The highest BCUT2D eigenvalue weighted by molar-refractivity contribution is 9.10. The van der Waals surface area contributed by atoms with Crippen LogP contribution < -0.4 is 5.32 Å². The van der Waals surface area contributed by atoms with Crippen LogP contribution in [0.4, 0.5) is 10.1 Å². The third-order valence-corrected chi connectivity index (χ3v) is 7.65. The second kappa shape index (κ2) is 9.62. The predicted molar refractivity (Wildman–Crippen MR) is 110 cm³/mol. The van der Waals surface area contributed by atoms with Crippen molar-refractivity contribution in [3.63, 3.8) is 0 Å². The number of benzene rings is 1. The molecule has 2 fully saturated rings. The van der Waals surface area contributed by atoms with Crippen molar-refractivity contribution >= 4 is 37.7 Å². The van der Waals surface area contributed by atoms with E-state index in [4.69, 9.17) is 0 Å². The molecule has 2 aliphatic rings. The van der Waals surface area contributed by atoms with Gasteiger partial charge in [0, 0.05) is 43.7 Å². The van der Waals surface area contributed by atoms with Crippen LogP contribution in [0.3, 0.4) is 0 Å². The van der Waals surface area contributed by atoms with Crippen LogP contribution in [0.25, 0.3) is 0 Å². The average molecular weight is 477 g/mol. The number of rotatable bonds is 5. The Morgan fingerprint density at radius 3 is 2.21 bits per heavy atom. The number of carbonyl (C=O) groups is 1. The van der Waals surface area contributed by atoms with Crippen LogP contribution in [0.2, 0.25) is 0 Å². The van der Waals surface area contributed by atoms with Crippen LogP contribution in [0.5, 0.6) is 0 Å². The molecule has 0 spiro atoms. The van der Waals surface area contributed by atoms with Crippen molar-refractivity contribution in [3.05, 3.63) is 28.5 Å². The van der Waals surface area contributed by atoms with Gasteiger partial charge in [-0.3, -0.25) is 9.69 Å². The maximum absolute atomic E-state index is 13.8. The molecule has 2 saturated heterocycles. The van der Waals surface area contributed by atoms with Crippen molar-refractivity contribution in [1.29, 1.82) is 0 Å². The van der Waals surface area contributed by atoms with Crippen molar-refractivity contribution in [2.75, 3.05) is 51.1 Å². The van der Waals surface area contributed by atoms with Crippen molar-refractivity contribution in [1.82, 2.24) is 13.5 Å². The molecule has 10 heteroatoms. The van der Waals surface area contributed by atoms with Crippen molar-refractivity contribution in [2.45, 2.75) is 25.7 Å². The van der Waals surface area contributed by atoms with E-state index in [1.807, 2.05) is 4.90 Å². The Kier molecular flexibility index (Phi) is 7.43. The summed E-state index contributed by atoms with van der Waals surface area (Å²) in [6.07, 6.45) is 3.97. The molecule has 2 aliphatic heterocycles. The van der Waals surface area contributed by atoms with Crippen molar-refractivity contribution in [3.8, 4) is 0 Å². The van der Waals surface area contributed by atoms with Crippen LogP contribution in [0.1, 0.15) is 25.7 Å². The van der Waals surface area contributed by atoms with Gasteiger partial charge >= 0.3 is 0 Å². The van der Waals surface area contributed by atoms with Gasteiger partial charge in [-0.2, -0.15) is 17.0 Å². The molecule has 0 unspecified atom stereocenters. The second-order valence-corrected chi connectivity index (χ2v) is 10.0. The monoisotopic (exact) mass is 476 g/mol. The third kappa shape index (κ3) is 5.50. The molecule has 3 rings (SSSR count). The Hall–Kier alpha value is -1.07. The van der Waals surface area contributed by atoms with E-state index in [0.717, 1.165) is 25.7 Å². The summed E-state index contributed by atoms with van der Waals surface area (Å²) in [4.78, 5) is 14.1. The van der Waals surface area contributed by atoms with Gasteiger partial charge in [-0.1, -0.05) is 28.8 Å². The number of carbonyl (C=O) groups excluding carboxylic acids is 1. The fourth-order valence-electron chi connectivity index (χ4n) is 3.54. The minimum atomic E-state index is -3.43. The molecule has 0 aromatic heterocycles. The molecular weight excluding hydrogens is 451 g/mol. The summed E-state index contributed by atoms with van der Waals surface area (Å²) in [5.74, 6) is -0.818. The van der Waals surface area contributed by atoms with E-state index in [-0.39, 0.29) is 18.1 Å². The molecule has 1 N–H and O–H groups in total. The maximum Gasteiger partial charge on any atom is 0.282 e. The molecule has 1 amide bonds. The predicted octanol–water partition coefficient (Wildman–Crippen LogP) is 2.27. The van der Waals surface area contributed by atoms with Gasteiger partial charge in [0.2, 0.25) is 5.91 Å². The smallest absolute Gasteiger partial charge is 0.282 e. The van der Waals surface area contributed by atoms with Gasteiger partial charge in [-0.05, 0) is 31.0 Å². The normalized spacial score (nSPS) is 20.6. The number of nitrogens with one attached hydrogen (secondary N) is 1. The zero-order chi connectivity index (χ0) is 20.1. The fourth-order valence-corrected chi connectivity index (χ4v) is 5.54. The Bertz CT molecular complexity index is 792. The topological polar surface area (TPSA) is 73.0 Å². The summed E-state index contributed by atoms with van der Waals surface area (Å²) in [5.41, 5.74) is 0.135. The van der Waals surface area contributed by atoms with E-state index < -0.39 is 16.0 Å². The zero-order valence-corrected chi connectivity index (χ0v) is 18.1. The second-order valence-electron chi connectivity index (χ2n) is 7.17. The summed E-state index contributed by atoms with van der Waals surface area (Å²) in [6, 6.07) is 4.45. The lowest BCUT2D eigenvalue weighted by molar-refractivity contribution is -0.117. The first-order valence-electron chi connectivity index (χ1n) is 9.59. The van der Waals surface area contributed by atoms with Crippen LogP contribution in [0.15, 0.2) is 22.7 Å². The first kappa shape index (κ1) is 21.6.